The molecular weight excluding hydrogens is 288 g/mol. The average Bonchev–Trinajstić information content (AvgIpc) is 2.78. The topological polar surface area (TPSA) is 60.7 Å². The van der Waals surface area contributed by atoms with Crippen LogP contribution in [0.2, 0.25) is 0 Å². The van der Waals surface area contributed by atoms with Crippen LogP contribution >= 0.6 is 0 Å². The van der Waals surface area contributed by atoms with Crippen molar-refractivity contribution >= 4 is 0 Å². The van der Waals surface area contributed by atoms with E-state index < -0.39 is 11.5 Å². The fraction of sp³-hybridized carbons (Fsp3) is 0.900. The molecule has 4 rings (SSSR count). The molecule has 0 radical (unpaired) electrons. The van der Waals surface area contributed by atoms with E-state index in [4.69, 9.17) is 0 Å². The van der Waals surface area contributed by atoms with E-state index in [0.29, 0.717) is 11.8 Å². The first kappa shape index (κ1) is 16.1. The number of allylic oxidation sites excluding steroid dienone is 1. The van der Waals surface area contributed by atoms with E-state index in [2.05, 4.69) is 13.5 Å². The van der Waals surface area contributed by atoms with Gasteiger partial charge in [0.05, 0.1) is 18.8 Å². The van der Waals surface area contributed by atoms with Crippen LogP contribution in [0.25, 0.3) is 0 Å². The normalized spacial score (nSPS) is 58.7. The summed E-state index contributed by atoms with van der Waals surface area (Å²) >= 11 is 0. The highest BCUT2D eigenvalue weighted by Crippen LogP contribution is 2.71. The molecule has 2 bridgehead atoms. The zero-order valence-corrected chi connectivity index (χ0v) is 14.6. The third-order valence-electron chi connectivity index (χ3n) is 8.83. The minimum Gasteiger partial charge on any atom is -0.396 e. The van der Waals surface area contributed by atoms with Crippen molar-refractivity contribution in [1.29, 1.82) is 0 Å². The molecule has 4 fully saturated rings. The molecule has 1 spiro atoms. The van der Waals surface area contributed by atoms with Crippen molar-refractivity contribution in [2.45, 2.75) is 71.0 Å². The highest BCUT2D eigenvalue weighted by Gasteiger charge is 2.67. The summed E-state index contributed by atoms with van der Waals surface area (Å²) in [6.07, 6.45) is 6.22. The summed E-state index contributed by atoms with van der Waals surface area (Å²) in [6.45, 7) is 8.74. The Hall–Kier alpha value is -0.380. The molecule has 0 aromatic rings. The number of hydrogen-bond donors (Lipinski definition) is 3. The molecule has 0 aromatic heterocycles. The molecule has 3 nitrogen and oxygen atoms in total. The molecule has 130 valence electrons. The summed E-state index contributed by atoms with van der Waals surface area (Å²) in [6, 6.07) is 0. The lowest BCUT2D eigenvalue weighted by Gasteiger charge is -2.66. The minimum atomic E-state index is -0.484. The highest BCUT2D eigenvalue weighted by atomic mass is 16.3. The fourth-order valence-corrected chi connectivity index (χ4v) is 7.51. The lowest BCUT2D eigenvalue weighted by Crippen LogP contribution is -2.64. The lowest BCUT2D eigenvalue weighted by atomic mass is 9.40. The van der Waals surface area contributed by atoms with Gasteiger partial charge in [0.1, 0.15) is 0 Å². The Morgan fingerprint density at radius 2 is 1.83 bits per heavy atom. The van der Waals surface area contributed by atoms with Gasteiger partial charge in [-0.2, -0.15) is 0 Å². The minimum absolute atomic E-state index is 0.0101. The molecular formula is C20H32O3. The smallest absolute Gasteiger partial charge is 0.0618 e. The van der Waals surface area contributed by atoms with E-state index in [0.717, 1.165) is 32.1 Å². The maximum Gasteiger partial charge on any atom is 0.0618 e. The number of hydrogen-bond acceptors (Lipinski definition) is 3. The first-order valence-corrected chi connectivity index (χ1v) is 9.42. The first-order valence-electron chi connectivity index (χ1n) is 9.42. The largest absolute Gasteiger partial charge is 0.396 e. The molecule has 4 saturated carbocycles. The van der Waals surface area contributed by atoms with Gasteiger partial charge in [0.25, 0.3) is 0 Å². The predicted molar refractivity (Wildman–Crippen MR) is 89.7 cm³/mol. The van der Waals surface area contributed by atoms with Gasteiger partial charge in [-0.3, -0.25) is 0 Å². The average molecular weight is 320 g/mol. The number of aliphatic hydroxyl groups is 3. The van der Waals surface area contributed by atoms with Crippen molar-refractivity contribution in [3.05, 3.63) is 12.2 Å². The molecule has 4 aliphatic rings. The van der Waals surface area contributed by atoms with Crippen LogP contribution in [0.15, 0.2) is 12.2 Å². The van der Waals surface area contributed by atoms with Gasteiger partial charge in [0.15, 0.2) is 0 Å². The van der Waals surface area contributed by atoms with Crippen LogP contribution in [0.1, 0.15) is 58.8 Å². The molecule has 8 unspecified atom stereocenters. The Morgan fingerprint density at radius 3 is 2.52 bits per heavy atom. The summed E-state index contributed by atoms with van der Waals surface area (Å²) in [5, 5.41) is 31.8. The van der Waals surface area contributed by atoms with Crippen LogP contribution in [0.5, 0.6) is 0 Å². The van der Waals surface area contributed by atoms with Crippen LogP contribution < -0.4 is 0 Å². The van der Waals surface area contributed by atoms with Gasteiger partial charge < -0.3 is 15.3 Å². The second kappa shape index (κ2) is 4.83. The summed E-state index contributed by atoms with van der Waals surface area (Å²) in [5.41, 5.74) is 1.01. The Kier molecular flexibility index (Phi) is 3.38. The lowest BCUT2D eigenvalue weighted by molar-refractivity contribution is -0.230. The highest BCUT2D eigenvalue weighted by molar-refractivity contribution is 5.24. The van der Waals surface area contributed by atoms with Gasteiger partial charge in [0.2, 0.25) is 0 Å². The third kappa shape index (κ3) is 1.82. The summed E-state index contributed by atoms with van der Waals surface area (Å²) in [5.74, 6) is 1.30. The van der Waals surface area contributed by atoms with Crippen LogP contribution in [0.3, 0.4) is 0 Å². The van der Waals surface area contributed by atoms with E-state index in [1.54, 1.807) is 0 Å². The molecule has 4 aliphatic carbocycles. The van der Waals surface area contributed by atoms with Crippen molar-refractivity contribution in [3.63, 3.8) is 0 Å². The van der Waals surface area contributed by atoms with Crippen molar-refractivity contribution in [1.82, 2.24) is 0 Å². The molecule has 0 aliphatic heterocycles. The molecule has 0 heterocycles. The second-order valence-corrected chi connectivity index (χ2v) is 9.63. The number of fused-ring (bicyclic) bond motifs is 3. The second-order valence-electron chi connectivity index (χ2n) is 9.63. The molecule has 0 amide bonds. The zero-order valence-electron chi connectivity index (χ0n) is 14.6. The number of aliphatic hydroxyl groups excluding tert-OH is 3. The Morgan fingerprint density at radius 1 is 1.09 bits per heavy atom. The molecule has 8 atom stereocenters. The van der Waals surface area contributed by atoms with Gasteiger partial charge in [-0.05, 0) is 68.1 Å². The maximum atomic E-state index is 11.2. The molecule has 0 aromatic carbocycles. The third-order valence-corrected chi connectivity index (χ3v) is 8.83. The van der Waals surface area contributed by atoms with Crippen LogP contribution in [0.4, 0.5) is 0 Å². The van der Waals surface area contributed by atoms with Gasteiger partial charge >= 0.3 is 0 Å². The molecule has 23 heavy (non-hydrogen) atoms. The molecule has 0 saturated heterocycles. The van der Waals surface area contributed by atoms with Gasteiger partial charge in [-0.1, -0.05) is 26.0 Å². The van der Waals surface area contributed by atoms with E-state index in [-0.39, 0.29) is 29.5 Å². The number of rotatable bonds is 1. The zero-order chi connectivity index (χ0) is 16.6. The standard InChI is InChI=1S/C20H32O3/c1-12-9-20-10-13(12)4-5-14(20)18(2)7-6-16(22)19(3,11-21)15(18)8-17(20)23/h13-17,21-23H,1,4-11H2,2-3H3. The quantitative estimate of drug-likeness (QED) is 0.651. The predicted octanol–water partition coefficient (Wildman–Crippen LogP) is 2.89. The van der Waals surface area contributed by atoms with Crippen molar-refractivity contribution < 1.29 is 15.3 Å². The first-order chi connectivity index (χ1) is 10.8. The van der Waals surface area contributed by atoms with E-state index in [1.165, 1.54) is 18.4 Å². The SMILES string of the molecule is C=C1CC23CC1CCC2C1(C)CCC(O)C(C)(CO)C1CC3O. The van der Waals surface area contributed by atoms with E-state index >= 15 is 0 Å². The summed E-state index contributed by atoms with van der Waals surface area (Å²) in [7, 11) is 0. The van der Waals surface area contributed by atoms with Crippen LogP contribution in [0, 0.1) is 34.0 Å². The van der Waals surface area contributed by atoms with Gasteiger partial charge in [0, 0.05) is 10.8 Å². The fourth-order valence-electron chi connectivity index (χ4n) is 7.51. The van der Waals surface area contributed by atoms with Crippen LogP contribution in [-0.4, -0.2) is 34.1 Å². The van der Waals surface area contributed by atoms with Crippen molar-refractivity contribution in [2.24, 2.45) is 34.0 Å². The Labute approximate surface area is 139 Å². The van der Waals surface area contributed by atoms with Crippen molar-refractivity contribution in [3.8, 4) is 0 Å². The van der Waals surface area contributed by atoms with E-state index in [1.807, 2.05) is 6.92 Å². The maximum absolute atomic E-state index is 11.2. The summed E-state index contributed by atoms with van der Waals surface area (Å²) in [4.78, 5) is 0. The molecule has 3 N–H and O–H groups in total. The van der Waals surface area contributed by atoms with E-state index in [9.17, 15) is 15.3 Å². The Balaban J connectivity index is 1.78. The Bertz CT molecular complexity index is 531. The molecule has 3 heteroatoms. The van der Waals surface area contributed by atoms with Crippen LogP contribution in [-0.2, 0) is 0 Å². The van der Waals surface area contributed by atoms with Gasteiger partial charge in [-0.15, -0.1) is 0 Å². The summed E-state index contributed by atoms with van der Waals surface area (Å²) < 4.78 is 0. The monoisotopic (exact) mass is 320 g/mol. The van der Waals surface area contributed by atoms with Gasteiger partial charge in [-0.25, -0.2) is 0 Å². The van der Waals surface area contributed by atoms with Crippen molar-refractivity contribution in [2.75, 3.05) is 6.61 Å².